The number of hydrogen-bond acceptors (Lipinski definition) is 8. The van der Waals surface area contributed by atoms with Crippen molar-refractivity contribution in [3.05, 3.63) is 29.8 Å². The lowest BCUT2D eigenvalue weighted by atomic mass is 9.99. The third-order valence-corrected chi connectivity index (χ3v) is 5.58. The Labute approximate surface area is 189 Å². The van der Waals surface area contributed by atoms with Gasteiger partial charge in [-0.1, -0.05) is 19.1 Å². The first-order valence-corrected chi connectivity index (χ1v) is 11.3. The molecule has 2 saturated heterocycles. The highest BCUT2D eigenvalue weighted by Crippen LogP contribution is 2.37. The molecule has 1 aromatic carbocycles. The van der Waals surface area contributed by atoms with Crippen LogP contribution in [0.15, 0.2) is 24.3 Å². The molecule has 8 nitrogen and oxygen atoms in total. The van der Waals surface area contributed by atoms with Crippen molar-refractivity contribution < 1.29 is 38.0 Å². The van der Waals surface area contributed by atoms with Crippen LogP contribution in [0.3, 0.4) is 0 Å². The van der Waals surface area contributed by atoms with Crippen LogP contribution in [0.2, 0.25) is 0 Å². The van der Waals surface area contributed by atoms with E-state index in [2.05, 4.69) is 6.92 Å². The van der Waals surface area contributed by atoms with Crippen LogP contribution in [0.1, 0.15) is 40.2 Å². The minimum absolute atomic E-state index is 0.0384. The number of carbonyl (C=O) groups excluding carboxylic acids is 2. The number of esters is 2. The molecule has 0 N–H and O–H groups in total. The summed E-state index contributed by atoms with van der Waals surface area (Å²) in [6.45, 7) is 10.7. The lowest BCUT2D eigenvalue weighted by Crippen LogP contribution is -2.36. The lowest BCUT2D eigenvalue weighted by molar-refractivity contribution is -0.180. The van der Waals surface area contributed by atoms with Crippen molar-refractivity contribution in [2.24, 2.45) is 11.8 Å². The second kappa shape index (κ2) is 10.6. The highest BCUT2D eigenvalue weighted by Gasteiger charge is 2.51. The maximum atomic E-state index is 12.2. The standard InChI is InChI=1S/C24H34O8/c1-6-27-22(25)18(23(26)28-7-2)12-16-8-10-17(11-9-16)29-13-15(3)20-21-19(14-30-20)31-24(4,5)32-21/h8-11,15,18-21H,6-7,12-14H2,1-5H3/t15?,19-,20+,21-/m1/s1. The van der Waals surface area contributed by atoms with Crippen LogP contribution in [0.25, 0.3) is 0 Å². The van der Waals surface area contributed by atoms with Gasteiger partial charge in [0.15, 0.2) is 11.7 Å². The number of fused-ring (bicyclic) bond motifs is 1. The Balaban J connectivity index is 1.54. The topological polar surface area (TPSA) is 89.5 Å². The summed E-state index contributed by atoms with van der Waals surface area (Å²) in [5, 5.41) is 0. The summed E-state index contributed by atoms with van der Waals surface area (Å²) in [7, 11) is 0. The van der Waals surface area contributed by atoms with Crippen LogP contribution < -0.4 is 4.74 Å². The second-order valence-electron chi connectivity index (χ2n) is 8.63. The summed E-state index contributed by atoms with van der Waals surface area (Å²) in [5.74, 6) is -1.90. The molecule has 3 rings (SSSR count). The van der Waals surface area contributed by atoms with Crippen molar-refractivity contribution in [3.8, 4) is 5.75 Å². The Kier molecular flexibility index (Phi) is 8.14. The number of rotatable bonds is 10. The monoisotopic (exact) mass is 450 g/mol. The fraction of sp³-hybridized carbons (Fsp3) is 0.667. The normalized spacial score (nSPS) is 24.8. The molecule has 2 aliphatic heterocycles. The summed E-state index contributed by atoms with van der Waals surface area (Å²) in [4.78, 5) is 24.3. The average Bonchev–Trinajstić information content (AvgIpc) is 3.26. The van der Waals surface area contributed by atoms with Crippen LogP contribution in [0.4, 0.5) is 0 Å². The molecule has 178 valence electrons. The molecule has 1 aromatic rings. The molecule has 0 aromatic heterocycles. The Morgan fingerprint density at radius 2 is 1.69 bits per heavy atom. The van der Waals surface area contributed by atoms with E-state index in [-0.39, 0.29) is 43.9 Å². The smallest absolute Gasteiger partial charge is 0.320 e. The molecule has 32 heavy (non-hydrogen) atoms. The third-order valence-electron chi connectivity index (χ3n) is 5.58. The van der Waals surface area contributed by atoms with Crippen LogP contribution in [0.5, 0.6) is 5.75 Å². The maximum Gasteiger partial charge on any atom is 0.320 e. The maximum absolute atomic E-state index is 12.2. The van der Waals surface area contributed by atoms with Gasteiger partial charge in [0.05, 0.1) is 32.5 Å². The van der Waals surface area contributed by atoms with Gasteiger partial charge in [0, 0.05) is 5.92 Å². The van der Waals surface area contributed by atoms with Gasteiger partial charge in [-0.15, -0.1) is 0 Å². The molecule has 0 aliphatic carbocycles. The van der Waals surface area contributed by atoms with Crippen molar-refractivity contribution >= 4 is 11.9 Å². The van der Waals surface area contributed by atoms with E-state index in [0.717, 1.165) is 5.56 Å². The van der Waals surface area contributed by atoms with E-state index in [9.17, 15) is 9.59 Å². The SMILES string of the molecule is CCOC(=O)C(Cc1ccc(OCC(C)[C@@H]2OC[C@H]3OC(C)(C)O[C@H]32)cc1)C(=O)OCC. The molecular formula is C24H34O8. The summed E-state index contributed by atoms with van der Waals surface area (Å²) in [6.07, 6.45) is -0.00594. The zero-order chi connectivity index (χ0) is 23.3. The van der Waals surface area contributed by atoms with Crippen molar-refractivity contribution in [1.29, 1.82) is 0 Å². The molecule has 0 radical (unpaired) electrons. The van der Waals surface area contributed by atoms with Crippen LogP contribution >= 0.6 is 0 Å². The second-order valence-corrected chi connectivity index (χ2v) is 8.63. The van der Waals surface area contributed by atoms with Gasteiger partial charge in [-0.3, -0.25) is 9.59 Å². The largest absolute Gasteiger partial charge is 0.493 e. The van der Waals surface area contributed by atoms with Crippen LogP contribution in [0, 0.1) is 11.8 Å². The Morgan fingerprint density at radius 3 is 2.28 bits per heavy atom. The van der Waals surface area contributed by atoms with Crippen LogP contribution in [-0.2, 0) is 39.7 Å². The van der Waals surface area contributed by atoms with E-state index in [1.54, 1.807) is 13.8 Å². The van der Waals surface area contributed by atoms with Gasteiger partial charge in [-0.25, -0.2) is 0 Å². The molecule has 2 aliphatic rings. The Morgan fingerprint density at radius 1 is 1.06 bits per heavy atom. The molecule has 0 amide bonds. The number of hydrogen-bond donors (Lipinski definition) is 0. The molecule has 4 atom stereocenters. The molecule has 0 spiro atoms. The van der Waals surface area contributed by atoms with Crippen molar-refractivity contribution in [3.63, 3.8) is 0 Å². The Bertz CT molecular complexity index is 757. The first-order valence-electron chi connectivity index (χ1n) is 11.3. The van der Waals surface area contributed by atoms with Crippen molar-refractivity contribution in [2.45, 2.75) is 65.1 Å². The molecule has 2 heterocycles. The molecule has 0 bridgehead atoms. The van der Waals surface area contributed by atoms with Crippen molar-refractivity contribution in [2.75, 3.05) is 26.4 Å². The average molecular weight is 451 g/mol. The fourth-order valence-electron chi connectivity index (χ4n) is 4.09. The summed E-state index contributed by atoms with van der Waals surface area (Å²) >= 11 is 0. The number of ether oxygens (including phenoxy) is 6. The van der Waals surface area contributed by atoms with E-state index >= 15 is 0 Å². The van der Waals surface area contributed by atoms with Gasteiger partial charge >= 0.3 is 11.9 Å². The quantitative estimate of drug-likeness (QED) is 0.397. The first-order chi connectivity index (χ1) is 15.2. The molecule has 2 fully saturated rings. The van der Waals surface area contributed by atoms with Crippen LogP contribution in [-0.4, -0.2) is 62.5 Å². The van der Waals surface area contributed by atoms with Gasteiger partial charge in [-0.05, 0) is 51.8 Å². The van der Waals surface area contributed by atoms with Gasteiger partial charge in [-0.2, -0.15) is 0 Å². The van der Waals surface area contributed by atoms with Gasteiger partial charge in [0.25, 0.3) is 0 Å². The zero-order valence-electron chi connectivity index (χ0n) is 19.5. The number of carbonyl (C=O) groups is 2. The van der Waals surface area contributed by atoms with E-state index < -0.39 is 23.6 Å². The van der Waals surface area contributed by atoms with Crippen molar-refractivity contribution in [1.82, 2.24) is 0 Å². The highest BCUT2D eigenvalue weighted by molar-refractivity contribution is 5.95. The Hall–Kier alpha value is -2.16. The number of benzene rings is 1. The van der Waals surface area contributed by atoms with Gasteiger partial charge < -0.3 is 28.4 Å². The highest BCUT2D eigenvalue weighted by atomic mass is 16.8. The molecule has 1 unspecified atom stereocenters. The molecule has 0 saturated carbocycles. The van der Waals surface area contributed by atoms with E-state index in [1.807, 2.05) is 38.1 Å². The van der Waals surface area contributed by atoms with E-state index in [4.69, 9.17) is 28.4 Å². The summed E-state index contributed by atoms with van der Waals surface area (Å²) < 4.78 is 33.8. The minimum Gasteiger partial charge on any atom is -0.493 e. The fourth-order valence-corrected chi connectivity index (χ4v) is 4.09. The third kappa shape index (κ3) is 5.99. The molecule has 8 heteroatoms. The first kappa shape index (κ1) is 24.5. The summed E-state index contributed by atoms with van der Waals surface area (Å²) in [6, 6.07) is 7.33. The predicted octanol–water partition coefficient (Wildman–Crippen LogP) is 2.91. The molecular weight excluding hydrogens is 416 g/mol. The summed E-state index contributed by atoms with van der Waals surface area (Å²) in [5.41, 5.74) is 0.817. The van der Waals surface area contributed by atoms with E-state index in [1.165, 1.54) is 0 Å². The zero-order valence-corrected chi connectivity index (χ0v) is 19.5. The van der Waals surface area contributed by atoms with Gasteiger partial charge in [0.1, 0.15) is 18.0 Å². The van der Waals surface area contributed by atoms with E-state index in [0.29, 0.717) is 19.0 Å². The lowest BCUT2D eigenvalue weighted by Gasteiger charge is -2.25. The predicted molar refractivity (Wildman–Crippen MR) is 115 cm³/mol. The van der Waals surface area contributed by atoms with Gasteiger partial charge in [0.2, 0.25) is 0 Å². The minimum atomic E-state index is -0.980.